The molecule has 0 amide bonds. The zero-order valence-electron chi connectivity index (χ0n) is 10.2. The zero-order valence-corrected chi connectivity index (χ0v) is 12.6. The van der Waals surface area contributed by atoms with Crippen molar-refractivity contribution >= 4 is 33.0 Å². The number of benzene rings is 1. The van der Waals surface area contributed by atoms with E-state index in [4.69, 9.17) is 4.74 Å². The number of ether oxygens (including phenoxy) is 1. The summed E-state index contributed by atoms with van der Waals surface area (Å²) in [4.78, 5) is 10.8. The maximum absolute atomic E-state index is 13.0. The summed E-state index contributed by atoms with van der Waals surface area (Å²) >= 11 is 4.10. The lowest BCUT2D eigenvalue weighted by Gasteiger charge is -2.05. The van der Waals surface area contributed by atoms with Crippen molar-refractivity contribution < 1.29 is 19.2 Å². The quantitative estimate of drug-likeness (QED) is 0.646. The molecule has 0 aliphatic carbocycles. The Kier molecular flexibility index (Phi) is 4.36. The van der Waals surface area contributed by atoms with Crippen LogP contribution in [0.5, 0.6) is 10.8 Å². The fourth-order valence-corrected chi connectivity index (χ4v) is 2.80. The smallest absolute Gasteiger partial charge is 0.323 e. The van der Waals surface area contributed by atoms with Crippen LogP contribution in [0.25, 0.3) is 0 Å². The highest BCUT2D eigenvalue weighted by atomic mass is 79.9. The van der Waals surface area contributed by atoms with Gasteiger partial charge in [0.2, 0.25) is 0 Å². The Morgan fingerprint density at radius 1 is 1.50 bits per heavy atom. The van der Waals surface area contributed by atoms with Crippen LogP contribution in [0.2, 0.25) is 0 Å². The van der Waals surface area contributed by atoms with Crippen LogP contribution in [-0.4, -0.2) is 10.0 Å². The fraction of sp³-hybridized carbons (Fsp3) is 0.167. The minimum absolute atomic E-state index is 0.0400. The van der Waals surface area contributed by atoms with E-state index in [2.05, 4.69) is 15.9 Å². The fourth-order valence-electron chi connectivity index (χ4n) is 1.45. The second-order valence-electron chi connectivity index (χ2n) is 3.93. The average Bonchev–Trinajstić information content (AvgIpc) is 2.77. The Bertz CT molecular complexity index is 659. The molecule has 0 saturated carbocycles. The largest absolute Gasteiger partial charge is 0.439 e. The summed E-state index contributed by atoms with van der Waals surface area (Å²) in [6.45, 7) is 1.51. The van der Waals surface area contributed by atoms with Crippen molar-refractivity contribution in [1.82, 2.24) is 0 Å². The van der Waals surface area contributed by atoms with Gasteiger partial charge in [0.15, 0.2) is 0 Å². The predicted molar refractivity (Wildman–Crippen MR) is 75.8 cm³/mol. The maximum Gasteiger partial charge on any atom is 0.323 e. The van der Waals surface area contributed by atoms with Crippen LogP contribution >= 0.6 is 27.3 Å². The second-order valence-corrected chi connectivity index (χ2v) is 5.83. The van der Waals surface area contributed by atoms with E-state index in [9.17, 15) is 19.6 Å². The summed E-state index contributed by atoms with van der Waals surface area (Å²) in [6.07, 6.45) is -0.826. The van der Waals surface area contributed by atoms with Gasteiger partial charge in [-0.15, -0.1) is 0 Å². The van der Waals surface area contributed by atoms with Crippen LogP contribution in [-0.2, 0) is 0 Å². The highest BCUT2D eigenvalue weighted by Gasteiger charge is 2.23. The number of hydrogen-bond acceptors (Lipinski definition) is 5. The van der Waals surface area contributed by atoms with Crippen molar-refractivity contribution in [2.24, 2.45) is 0 Å². The molecule has 0 radical (unpaired) electrons. The molecule has 1 aromatic carbocycles. The molecule has 2 aromatic rings. The molecule has 1 unspecified atom stereocenters. The van der Waals surface area contributed by atoms with Gasteiger partial charge < -0.3 is 9.84 Å². The van der Waals surface area contributed by atoms with Crippen molar-refractivity contribution in [3.05, 3.63) is 49.5 Å². The standard InChI is InChI=1S/C12H9BrFNO4S/c1-6(16)11-5-9(15(17)18)12(20-11)19-10-3-2-7(14)4-8(10)13/h2-6,16H,1H3. The number of aliphatic hydroxyl groups excluding tert-OH is 1. The van der Waals surface area contributed by atoms with Crippen LogP contribution in [0.1, 0.15) is 17.9 Å². The summed E-state index contributed by atoms with van der Waals surface area (Å²) in [5.41, 5.74) is -0.234. The molecule has 1 atom stereocenters. The summed E-state index contributed by atoms with van der Waals surface area (Å²) in [7, 11) is 0. The Morgan fingerprint density at radius 3 is 2.75 bits per heavy atom. The van der Waals surface area contributed by atoms with Gasteiger partial charge in [-0.3, -0.25) is 10.1 Å². The molecule has 2 rings (SSSR count). The summed E-state index contributed by atoms with van der Waals surface area (Å²) in [5, 5.41) is 20.5. The zero-order chi connectivity index (χ0) is 14.9. The van der Waals surface area contributed by atoms with E-state index >= 15 is 0 Å². The molecule has 0 aliphatic heterocycles. The third-order valence-corrected chi connectivity index (χ3v) is 4.20. The topological polar surface area (TPSA) is 72.6 Å². The van der Waals surface area contributed by atoms with E-state index in [-0.39, 0.29) is 16.5 Å². The summed E-state index contributed by atoms with van der Waals surface area (Å²) in [5.74, 6) is -0.192. The van der Waals surface area contributed by atoms with E-state index in [1.54, 1.807) is 0 Å². The van der Waals surface area contributed by atoms with Crippen molar-refractivity contribution in [1.29, 1.82) is 0 Å². The number of halogens is 2. The lowest BCUT2D eigenvalue weighted by molar-refractivity contribution is -0.385. The van der Waals surface area contributed by atoms with E-state index in [1.165, 1.54) is 31.2 Å². The van der Waals surface area contributed by atoms with E-state index < -0.39 is 16.8 Å². The number of thiophene rings is 1. The van der Waals surface area contributed by atoms with E-state index in [0.29, 0.717) is 9.35 Å². The number of aliphatic hydroxyl groups is 1. The average molecular weight is 362 g/mol. The molecular formula is C12H9BrFNO4S. The molecule has 0 spiro atoms. The Balaban J connectivity index is 2.39. The van der Waals surface area contributed by atoms with Crippen LogP contribution < -0.4 is 4.74 Å². The normalized spacial score (nSPS) is 12.2. The van der Waals surface area contributed by atoms with Crippen molar-refractivity contribution in [2.75, 3.05) is 0 Å². The highest BCUT2D eigenvalue weighted by Crippen LogP contribution is 2.43. The molecule has 0 saturated heterocycles. The van der Waals surface area contributed by atoms with Gasteiger partial charge in [0.25, 0.3) is 5.06 Å². The lowest BCUT2D eigenvalue weighted by atomic mass is 10.3. The third kappa shape index (κ3) is 3.14. The molecule has 1 aromatic heterocycles. The van der Waals surface area contributed by atoms with Crippen LogP contribution in [0.15, 0.2) is 28.7 Å². The summed E-state index contributed by atoms with van der Waals surface area (Å²) in [6, 6.07) is 5.02. The van der Waals surface area contributed by atoms with E-state index in [1.807, 2.05) is 0 Å². The van der Waals surface area contributed by atoms with Crippen LogP contribution in [0, 0.1) is 15.9 Å². The van der Waals surface area contributed by atoms with Gasteiger partial charge in [-0.2, -0.15) is 0 Å². The second kappa shape index (κ2) is 5.86. The molecule has 0 bridgehead atoms. The van der Waals surface area contributed by atoms with Crippen LogP contribution in [0.4, 0.5) is 10.1 Å². The molecule has 8 heteroatoms. The minimum atomic E-state index is -0.826. The van der Waals surface area contributed by atoms with E-state index in [0.717, 1.165) is 11.3 Å². The molecular weight excluding hydrogens is 353 g/mol. The Hall–Kier alpha value is -1.51. The Morgan fingerprint density at radius 2 is 2.20 bits per heavy atom. The molecule has 106 valence electrons. The number of rotatable bonds is 4. The van der Waals surface area contributed by atoms with Crippen molar-refractivity contribution in [3.8, 4) is 10.8 Å². The Labute approximate surface area is 125 Å². The first-order valence-electron chi connectivity index (χ1n) is 5.47. The first kappa shape index (κ1) is 14.9. The SMILES string of the molecule is CC(O)c1cc([N+](=O)[O-])c(Oc2ccc(F)cc2Br)s1. The number of hydrogen-bond donors (Lipinski definition) is 1. The molecule has 20 heavy (non-hydrogen) atoms. The van der Waals surface area contributed by atoms with Gasteiger partial charge in [0.05, 0.1) is 15.5 Å². The van der Waals surface area contributed by atoms with Gasteiger partial charge in [0.1, 0.15) is 11.6 Å². The first-order chi connectivity index (χ1) is 9.38. The molecule has 0 fully saturated rings. The molecule has 1 heterocycles. The van der Waals surface area contributed by atoms with Crippen molar-refractivity contribution in [2.45, 2.75) is 13.0 Å². The van der Waals surface area contributed by atoms with Gasteiger partial charge in [-0.25, -0.2) is 4.39 Å². The molecule has 5 nitrogen and oxygen atoms in total. The molecule has 0 aliphatic rings. The van der Waals surface area contributed by atoms with Crippen LogP contribution in [0.3, 0.4) is 0 Å². The first-order valence-corrected chi connectivity index (χ1v) is 7.08. The monoisotopic (exact) mass is 361 g/mol. The minimum Gasteiger partial charge on any atom is -0.439 e. The van der Waals surface area contributed by atoms with Gasteiger partial charge >= 0.3 is 5.69 Å². The molecule has 1 N–H and O–H groups in total. The van der Waals surface area contributed by atoms with Crippen molar-refractivity contribution in [3.63, 3.8) is 0 Å². The number of nitrogens with zero attached hydrogens (tertiary/aromatic N) is 1. The van der Waals surface area contributed by atoms with Gasteiger partial charge in [-0.05, 0) is 41.1 Å². The third-order valence-electron chi connectivity index (χ3n) is 2.40. The van der Waals surface area contributed by atoms with Gasteiger partial charge in [-0.1, -0.05) is 11.3 Å². The summed E-state index contributed by atoms with van der Waals surface area (Å²) < 4.78 is 18.8. The lowest BCUT2D eigenvalue weighted by Crippen LogP contribution is -1.90. The van der Waals surface area contributed by atoms with Gasteiger partial charge in [0, 0.05) is 10.9 Å². The predicted octanol–water partition coefficient (Wildman–Crippen LogP) is 4.40. The number of nitro groups is 1. The maximum atomic E-state index is 13.0. The highest BCUT2D eigenvalue weighted by molar-refractivity contribution is 9.10.